The summed E-state index contributed by atoms with van der Waals surface area (Å²) in [6.07, 6.45) is 1.93. The number of imidazole rings is 1. The third-order valence-corrected chi connectivity index (χ3v) is 5.53. The number of nitrogens with one attached hydrogen (secondary N) is 1. The highest BCUT2D eigenvalue weighted by molar-refractivity contribution is 5.85. The molecule has 6 nitrogen and oxygen atoms in total. The number of benzene rings is 1. The second-order valence-electron chi connectivity index (χ2n) is 7.02. The van der Waals surface area contributed by atoms with Gasteiger partial charge in [-0.25, -0.2) is 4.98 Å². The molecule has 0 aliphatic carbocycles. The summed E-state index contributed by atoms with van der Waals surface area (Å²) in [6, 6.07) is 8.62. The van der Waals surface area contributed by atoms with Gasteiger partial charge in [-0.1, -0.05) is 19.1 Å². The minimum absolute atomic E-state index is 0. The summed E-state index contributed by atoms with van der Waals surface area (Å²) in [7, 11) is 0. The van der Waals surface area contributed by atoms with Gasteiger partial charge in [-0.05, 0) is 18.6 Å². The van der Waals surface area contributed by atoms with Gasteiger partial charge in [-0.3, -0.25) is 9.69 Å². The first-order valence-corrected chi connectivity index (χ1v) is 9.43. The average Bonchev–Trinajstić information content (AvgIpc) is 3.28. The molecular weight excluding hydrogens is 350 g/mol. The van der Waals surface area contributed by atoms with Crippen LogP contribution in [0.15, 0.2) is 24.3 Å². The number of halogens is 1. The Bertz CT molecular complexity index is 755. The van der Waals surface area contributed by atoms with Crippen molar-refractivity contribution < 1.29 is 4.79 Å². The molecule has 3 heterocycles. The SMILES string of the molecule is CCc1nc2ccccc2n1CC(=O)N1CCC(N2CCNCC2)C1.Cl. The first-order chi connectivity index (χ1) is 12.3. The van der Waals surface area contributed by atoms with Gasteiger partial charge in [0, 0.05) is 51.7 Å². The number of hydrogen-bond donors (Lipinski definition) is 1. The monoisotopic (exact) mass is 377 g/mol. The molecule has 7 heteroatoms. The zero-order chi connectivity index (χ0) is 17.2. The molecule has 0 spiro atoms. The van der Waals surface area contributed by atoms with Crippen molar-refractivity contribution in [2.24, 2.45) is 0 Å². The lowest BCUT2D eigenvalue weighted by Gasteiger charge is -2.32. The summed E-state index contributed by atoms with van der Waals surface area (Å²) < 4.78 is 2.09. The van der Waals surface area contributed by atoms with Crippen molar-refractivity contribution in [3.05, 3.63) is 30.1 Å². The van der Waals surface area contributed by atoms with E-state index in [2.05, 4.69) is 32.8 Å². The van der Waals surface area contributed by atoms with Crippen LogP contribution in [0.25, 0.3) is 11.0 Å². The number of aromatic nitrogens is 2. The van der Waals surface area contributed by atoms with Crippen LogP contribution in [0.3, 0.4) is 0 Å². The Morgan fingerprint density at radius 3 is 2.77 bits per heavy atom. The molecule has 2 aliphatic heterocycles. The highest BCUT2D eigenvalue weighted by Crippen LogP contribution is 2.20. The zero-order valence-electron chi connectivity index (χ0n) is 15.4. The van der Waals surface area contributed by atoms with Gasteiger partial charge < -0.3 is 14.8 Å². The van der Waals surface area contributed by atoms with Gasteiger partial charge in [0.15, 0.2) is 0 Å². The molecule has 2 fully saturated rings. The van der Waals surface area contributed by atoms with E-state index in [9.17, 15) is 4.79 Å². The summed E-state index contributed by atoms with van der Waals surface area (Å²) in [5.74, 6) is 1.21. The molecule has 1 unspecified atom stereocenters. The maximum absolute atomic E-state index is 12.9. The van der Waals surface area contributed by atoms with E-state index < -0.39 is 0 Å². The second-order valence-corrected chi connectivity index (χ2v) is 7.02. The Morgan fingerprint density at radius 1 is 1.23 bits per heavy atom. The smallest absolute Gasteiger partial charge is 0.242 e. The van der Waals surface area contributed by atoms with Crippen LogP contribution in [-0.4, -0.2) is 70.6 Å². The molecule has 26 heavy (non-hydrogen) atoms. The lowest BCUT2D eigenvalue weighted by atomic mass is 10.2. The zero-order valence-corrected chi connectivity index (χ0v) is 16.2. The highest BCUT2D eigenvalue weighted by atomic mass is 35.5. The minimum Gasteiger partial charge on any atom is -0.340 e. The number of likely N-dealkylation sites (tertiary alicyclic amines) is 1. The van der Waals surface area contributed by atoms with Gasteiger partial charge in [0.05, 0.1) is 11.0 Å². The summed E-state index contributed by atoms with van der Waals surface area (Å²) in [4.78, 5) is 22.2. The fourth-order valence-corrected chi connectivity index (χ4v) is 4.12. The molecule has 2 aliphatic rings. The van der Waals surface area contributed by atoms with Crippen LogP contribution in [0.2, 0.25) is 0 Å². The van der Waals surface area contributed by atoms with Gasteiger partial charge in [-0.15, -0.1) is 12.4 Å². The lowest BCUT2D eigenvalue weighted by Crippen LogP contribution is -2.49. The normalized spacial score (nSPS) is 21.1. The number of carbonyl (C=O) groups excluding carboxylic acids is 1. The summed E-state index contributed by atoms with van der Waals surface area (Å²) in [5, 5.41) is 3.40. The molecule has 1 aromatic heterocycles. The number of piperazine rings is 1. The number of amides is 1. The maximum atomic E-state index is 12.9. The molecule has 4 rings (SSSR count). The summed E-state index contributed by atoms with van der Waals surface area (Å²) in [5.41, 5.74) is 2.04. The molecule has 2 aromatic rings. The van der Waals surface area contributed by atoms with Gasteiger partial charge in [-0.2, -0.15) is 0 Å². The number of nitrogens with zero attached hydrogens (tertiary/aromatic N) is 4. The Balaban J connectivity index is 0.00000196. The van der Waals surface area contributed by atoms with E-state index in [1.165, 1.54) is 0 Å². The Labute approximate surface area is 161 Å². The van der Waals surface area contributed by atoms with Crippen LogP contribution >= 0.6 is 12.4 Å². The highest BCUT2D eigenvalue weighted by Gasteiger charge is 2.31. The largest absolute Gasteiger partial charge is 0.340 e. The first kappa shape index (κ1) is 19.1. The number of carbonyl (C=O) groups is 1. The van der Waals surface area contributed by atoms with E-state index >= 15 is 0 Å². The maximum Gasteiger partial charge on any atom is 0.242 e. The number of rotatable bonds is 4. The van der Waals surface area contributed by atoms with Gasteiger partial charge in [0.25, 0.3) is 0 Å². The lowest BCUT2D eigenvalue weighted by molar-refractivity contribution is -0.130. The molecule has 142 valence electrons. The molecule has 1 amide bonds. The van der Waals surface area contributed by atoms with E-state index in [1.54, 1.807) is 0 Å². The van der Waals surface area contributed by atoms with Crippen LogP contribution in [0.5, 0.6) is 0 Å². The molecule has 1 atom stereocenters. The Hall–Kier alpha value is -1.63. The third-order valence-electron chi connectivity index (χ3n) is 5.53. The molecule has 0 radical (unpaired) electrons. The fraction of sp³-hybridized carbons (Fsp3) is 0.579. The van der Waals surface area contributed by atoms with Crippen molar-refractivity contribution >= 4 is 29.3 Å². The fourth-order valence-electron chi connectivity index (χ4n) is 4.12. The summed E-state index contributed by atoms with van der Waals surface area (Å²) in [6.45, 7) is 8.55. The van der Waals surface area contributed by atoms with Gasteiger partial charge in [0.2, 0.25) is 5.91 Å². The second kappa shape index (κ2) is 8.37. The Morgan fingerprint density at radius 2 is 2.00 bits per heavy atom. The number of fused-ring (bicyclic) bond motifs is 1. The van der Waals surface area contributed by atoms with Crippen LogP contribution in [0, 0.1) is 0 Å². The van der Waals surface area contributed by atoms with Crippen molar-refractivity contribution in [1.29, 1.82) is 0 Å². The van der Waals surface area contributed by atoms with Crippen molar-refractivity contribution in [2.75, 3.05) is 39.3 Å². The van der Waals surface area contributed by atoms with Gasteiger partial charge in [0.1, 0.15) is 12.4 Å². The van der Waals surface area contributed by atoms with E-state index in [-0.39, 0.29) is 18.3 Å². The molecule has 0 saturated carbocycles. The van der Waals surface area contributed by atoms with Crippen molar-refractivity contribution in [2.45, 2.75) is 32.4 Å². The average molecular weight is 378 g/mol. The Kier molecular flexibility index (Phi) is 6.16. The standard InChI is InChI=1S/C19H27N5O.ClH/c1-2-18-21-16-5-3-4-6-17(16)24(18)14-19(25)23-10-7-15(13-23)22-11-8-20-9-12-22;/h3-6,15,20H,2,7-14H2,1H3;1H. The van der Waals surface area contributed by atoms with E-state index in [0.29, 0.717) is 12.6 Å². The minimum atomic E-state index is 0. The molecule has 2 saturated heterocycles. The van der Waals surface area contributed by atoms with Crippen molar-refractivity contribution in [3.63, 3.8) is 0 Å². The quantitative estimate of drug-likeness (QED) is 0.877. The van der Waals surface area contributed by atoms with E-state index in [1.807, 2.05) is 23.1 Å². The number of hydrogen-bond acceptors (Lipinski definition) is 4. The predicted octanol–water partition coefficient (Wildman–Crippen LogP) is 1.53. The van der Waals surface area contributed by atoms with Crippen LogP contribution in [0.1, 0.15) is 19.2 Å². The van der Waals surface area contributed by atoms with Crippen LogP contribution < -0.4 is 5.32 Å². The summed E-state index contributed by atoms with van der Waals surface area (Å²) >= 11 is 0. The van der Waals surface area contributed by atoms with E-state index in [4.69, 9.17) is 0 Å². The van der Waals surface area contributed by atoms with Crippen molar-refractivity contribution in [1.82, 2.24) is 24.7 Å². The molecular formula is C19H28ClN5O. The van der Waals surface area contributed by atoms with Crippen molar-refractivity contribution in [3.8, 4) is 0 Å². The number of para-hydroxylation sites is 2. The third kappa shape index (κ3) is 3.72. The topological polar surface area (TPSA) is 53.4 Å². The predicted molar refractivity (Wildman–Crippen MR) is 106 cm³/mol. The van der Waals surface area contributed by atoms with Crippen LogP contribution in [-0.2, 0) is 17.8 Å². The van der Waals surface area contributed by atoms with E-state index in [0.717, 1.165) is 69.0 Å². The molecule has 1 N–H and O–H groups in total. The molecule has 1 aromatic carbocycles. The first-order valence-electron chi connectivity index (χ1n) is 9.43. The number of aryl methyl sites for hydroxylation is 1. The molecule has 0 bridgehead atoms. The van der Waals surface area contributed by atoms with Gasteiger partial charge >= 0.3 is 0 Å². The van der Waals surface area contributed by atoms with Crippen LogP contribution in [0.4, 0.5) is 0 Å².